The lowest BCUT2D eigenvalue weighted by Gasteiger charge is -2.25. The van der Waals surface area contributed by atoms with Crippen molar-refractivity contribution in [3.8, 4) is 5.75 Å². The Bertz CT molecular complexity index is 783. The zero-order valence-corrected chi connectivity index (χ0v) is 14.9. The van der Waals surface area contributed by atoms with E-state index in [4.69, 9.17) is 9.26 Å². The monoisotopic (exact) mass is 341 g/mol. The molecule has 2 aliphatic heterocycles. The average molecular weight is 341 g/mol. The molecule has 25 heavy (non-hydrogen) atoms. The third-order valence-electron chi connectivity index (χ3n) is 5.25. The van der Waals surface area contributed by atoms with Crippen molar-refractivity contribution in [2.24, 2.45) is 0 Å². The zero-order valence-electron chi connectivity index (χ0n) is 14.9. The first-order valence-electron chi connectivity index (χ1n) is 8.96. The second-order valence-electron chi connectivity index (χ2n) is 6.94. The zero-order chi connectivity index (χ0) is 17.6. The Morgan fingerprint density at radius 2 is 2.12 bits per heavy atom. The second-order valence-corrected chi connectivity index (χ2v) is 6.94. The van der Waals surface area contributed by atoms with Crippen molar-refractivity contribution < 1.29 is 14.1 Å². The summed E-state index contributed by atoms with van der Waals surface area (Å²) in [7, 11) is 0. The Balaban J connectivity index is 1.52. The molecule has 0 aliphatic carbocycles. The van der Waals surface area contributed by atoms with Gasteiger partial charge in [0.25, 0.3) is 5.91 Å². The van der Waals surface area contributed by atoms with Crippen LogP contribution in [-0.2, 0) is 17.6 Å². The molecule has 1 fully saturated rings. The van der Waals surface area contributed by atoms with Crippen molar-refractivity contribution in [2.75, 3.05) is 6.54 Å². The first-order chi connectivity index (χ1) is 12.1. The number of carbonyl (C=O) groups excluding carboxylic acids is 1. The molecule has 0 unspecified atom stereocenters. The van der Waals surface area contributed by atoms with E-state index >= 15 is 0 Å². The molecule has 0 spiro atoms. The summed E-state index contributed by atoms with van der Waals surface area (Å²) in [6.45, 7) is 6.84. The highest BCUT2D eigenvalue weighted by atomic mass is 16.5. The van der Waals surface area contributed by atoms with Crippen molar-refractivity contribution in [2.45, 2.75) is 58.6 Å². The molecule has 0 bridgehead atoms. The van der Waals surface area contributed by atoms with Gasteiger partial charge in [-0.2, -0.15) is 4.98 Å². The van der Waals surface area contributed by atoms with Crippen molar-refractivity contribution >= 4 is 5.91 Å². The predicted octanol–water partition coefficient (Wildman–Crippen LogP) is 2.92. The van der Waals surface area contributed by atoms with Crippen molar-refractivity contribution in [3.63, 3.8) is 0 Å². The molecule has 2 atom stereocenters. The lowest BCUT2D eigenvalue weighted by molar-refractivity contribution is -0.139. The van der Waals surface area contributed by atoms with E-state index in [0.29, 0.717) is 31.1 Å². The smallest absolute Gasteiger partial charge is 0.264 e. The van der Waals surface area contributed by atoms with Gasteiger partial charge in [-0.1, -0.05) is 18.1 Å². The maximum atomic E-state index is 13.1. The van der Waals surface area contributed by atoms with Crippen LogP contribution in [0.5, 0.6) is 5.75 Å². The summed E-state index contributed by atoms with van der Waals surface area (Å²) in [6, 6.07) is 4.06. The molecule has 0 radical (unpaired) electrons. The molecule has 2 aliphatic rings. The molecular formula is C19H23N3O3. The third-order valence-corrected chi connectivity index (χ3v) is 5.25. The molecule has 0 saturated carbocycles. The van der Waals surface area contributed by atoms with Crippen LogP contribution in [0.15, 0.2) is 16.7 Å². The van der Waals surface area contributed by atoms with Crippen LogP contribution < -0.4 is 4.74 Å². The quantitative estimate of drug-likeness (QED) is 0.858. The fourth-order valence-electron chi connectivity index (χ4n) is 3.68. The molecule has 1 amide bonds. The minimum atomic E-state index is -0.450. The summed E-state index contributed by atoms with van der Waals surface area (Å²) in [4.78, 5) is 19.3. The molecule has 0 N–H and O–H groups in total. The lowest BCUT2D eigenvalue weighted by Crippen LogP contribution is -2.41. The molecule has 6 heteroatoms. The largest absolute Gasteiger partial charge is 0.480 e. The van der Waals surface area contributed by atoms with Crippen molar-refractivity contribution in [1.29, 1.82) is 0 Å². The molecule has 6 nitrogen and oxygen atoms in total. The number of aromatic nitrogens is 2. The first-order valence-corrected chi connectivity index (χ1v) is 8.96. The Morgan fingerprint density at radius 3 is 2.88 bits per heavy atom. The highest BCUT2D eigenvalue weighted by Crippen LogP contribution is 2.35. The van der Waals surface area contributed by atoms with E-state index in [2.05, 4.69) is 30.1 Å². The van der Waals surface area contributed by atoms with Gasteiger partial charge < -0.3 is 14.2 Å². The number of hydrogen-bond acceptors (Lipinski definition) is 5. The van der Waals surface area contributed by atoms with Crippen LogP contribution >= 0.6 is 0 Å². The molecule has 132 valence electrons. The number of carbonyl (C=O) groups is 1. The number of rotatable bonds is 3. The first kappa shape index (κ1) is 16.1. The van der Waals surface area contributed by atoms with Gasteiger partial charge in [0.1, 0.15) is 5.75 Å². The summed E-state index contributed by atoms with van der Waals surface area (Å²) in [5.74, 6) is 2.09. The van der Waals surface area contributed by atoms with E-state index in [-0.39, 0.29) is 11.9 Å². The SMILES string of the molecule is CCc1nc([C@@H]2CCCN2C(=O)[C@@H]2Cc3cc(C)c(C)cc3O2)no1. The van der Waals surface area contributed by atoms with E-state index in [1.54, 1.807) is 0 Å². The number of likely N-dealkylation sites (tertiary alicyclic amines) is 1. The van der Waals surface area contributed by atoms with Crippen LogP contribution in [0.3, 0.4) is 0 Å². The van der Waals surface area contributed by atoms with E-state index in [1.165, 1.54) is 11.1 Å². The second kappa shape index (κ2) is 6.17. The van der Waals surface area contributed by atoms with E-state index < -0.39 is 6.10 Å². The predicted molar refractivity (Wildman–Crippen MR) is 91.4 cm³/mol. The van der Waals surface area contributed by atoms with Crippen LogP contribution in [0.2, 0.25) is 0 Å². The number of fused-ring (bicyclic) bond motifs is 1. The maximum absolute atomic E-state index is 13.1. The van der Waals surface area contributed by atoms with E-state index in [1.807, 2.05) is 17.9 Å². The Morgan fingerprint density at radius 1 is 1.32 bits per heavy atom. The molecule has 3 heterocycles. The lowest BCUT2D eigenvalue weighted by atomic mass is 10.0. The van der Waals surface area contributed by atoms with E-state index in [0.717, 1.165) is 24.2 Å². The topological polar surface area (TPSA) is 68.5 Å². The highest BCUT2D eigenvalue weighted by Gasteiger charge is 2.39. The molecule has 4 rings (SSSR count). The third kappa shape index (κ3) is 2.79. The molecule has 1 aromatic heterocycles. The maximum Gasteiger partial charge on any atom is 0.264 e. The Labute approximate surface area is 147 Å². The van der Waals surface area contributed by atoms with Crippen molar-refractivity contribution in [3.05, 3.63) is 40.5 Å². The minimum absolute atomic E-state index is 0.0249. The van der Waals surface area contributed by atoms with E-state index in [9.17, 15) is 4.79 Å². The number of hydrogen-bond donors (Lipinski definition) is 0. The van der Waals surface area contributed by atoms with Crippen LogP contribution in [0, 0.1) is 13.8 Å². The molecule has 1 aromatic carbocycles. The Hall–Kier alpha value is -2.37. The van der Waals surface area contributed by atoms with Gasteiger partial charge in [0, 0.05) is 19.4 Å². The molecule has 2 aromatic rings. The van der Waals surface area contributed by atoms with Crippen LogP contribution in [0.4, 0.5) is 0 Å². The summed E-state index contributed by atoms with van der Waals surface area (Å²) in [6.07, 6.45) is 2.70. The van der Waals surface area contributed by atoms with Gasteiger partial charge in [-0.15, -0.1) is 0 Å². The number of nitrogens with zero attached hydrogens (tertiary/aromatic N) is 3. The number of amides is 1. The normalized spacial score (nSPS) is 22.1. The fraction of sp³-hybridized carbons (Fsp3) is 0.526. The van der Waals surface area contributed by atoms with Crippen LogP contribution in [-0.4, -0.2) is 33.6 Å². The molecule has 1 saturated heterocycles. The van der Waals surface area contributed by atoms with Crippen molar-refractivity contribution in [1.82, 2.24) is 15.0 Å². The molecular weight excluding hydrogens is 318 g/mol. The van der Waals surface area contributed by atoms with Crippen LogP contribution in [0.1, 0.15) is 54.2 Å². The minimum Gasteiger partial charge on any atom is -0.480 e. The van der Waals surface area contributed by atoms with Gasteiger partial charge in [0.2, 0.25) is 5.89 Å². The number of aryl methyl sites for hydroxylation is 3. The fourth-order valence-corrected chi connectivity index (χ4v) is 3.68. The average Bonchev–Trinajstić information content (AvgIpc) is 3.32. The van der Waals surface area contributed by atoms with Gasteiger partial charge in [-0.3, -0.25) is 4.79 Å². The van der Waals surface area contributed by atoms with Gasteiger partial charge in [0.05, 0.1) is 6.04 Å². The van der Waals surface area contributed by atoms with Gasteiger partial charge in [-0.25, -0.2) is 0 Å². The number of ether oxygens (including phenoxy) is 1. The summed E-state index contributed by atoms with van der Waals surface area (Å²) >= 11 is 0. The van der Waals surface area contributed by atoms with Gasteiger partial charge in [-0.05, 0) is 49.4 Å². The number of benzene rings is 1. The standard InChI is InChI=1S/C19H23N3O3/c1-4-17-20-18(21-25-17)14-6-5-7-22(14)19(23)16-10-13-8-11(2)12(3)9-15(13)24-16/h8-9,14,16H,4-7,10H2,1-3H3/t14-,16-/m0/s1. The van der Waals surface area contributed by atoms with Crippen LogP contribution in [0.25, 0.3) is 0 Å². The van der Waals surface area contributed by atoms with Gasteiger partial charge in [0.15, 0.2) is 11.9 Å². The summed E-state index contributed by atoms with van der Waals surface area (Å²) < 4.78 is 11.2. The Kier molecular flexibility index (Phi) is 3.98. The highest BCUT2D eigenvalue weighted by molar-refractivity contribution is 5.83. The summed E-state index contributed by atoms with van der Waals surface area (Å²) in [5, 5.41) is 4.07. The summed E-state index contributed by atoms with van der Waals surface area (Å²) in [5.41, 5.74) is 3.53. The van der Waals surface area contributed by atoms with Gasteiger partial charge >= 0.3 is 0 Å².